The Bertz CT molecular complexity index is 585. The SMILES string of the molecule is O=C(O)c1cccc2cnc(C3CCCCO3)n12. The van der Waals surface area contributed by atoms with Crippen LogP contribution in [0.5, 0.6) is 0 Å². The minimum atomic E-state index is -0.948. The van der Waals surface area contributed by atoms with Crippen LogP contribution in [0.2, 0.25) is 0 Å². The van der Waals surface area contributed by atoms with E-state index >= 15 is 0 Å². The number of fused-ring (bicyclic) bond motifs is 1. The fraction of sp³-hybridized carbons (Fsp3) is 0.385. The van der Waals surface area contributed by atoms with E-state index in [0.29, 0.717) is 5.82 Å². The van der Waals surface area contributed by atoms with Crippen LogP contribution in [0.1, 0.15) is 41.7 Å². The van der Waals surface area contributed by atoms with Crippen LogP contribution in [0, 0.1) is 0 Å². The van der Waals surface area contributed by atoms with E-state index in [0.717, 1.165) is 31.4 Å². The van der Waals surface area contributed by atoms with Crippen molar-refractivity contribution in [1.82, 2.24) is 9.38 Å². The Morgan fingerprint density at radius 1 is 1.44 bits per heavy atom. The number of rotatable bonds is 2. The van der Waals surface area contributed by atoms with Crippen LogP contribution in [0.3, 0.4) is 0 Å². The lowest BCUT2D eigenvalue weighted by atomic mass is 10.1. The second-order valence-corrected chi connectivity index (χ2v) is 4.45. The smallest absolute Gasteiger partial charge is 0.352 e. The topological polar surface area (TPSA) is 63.8 Å². The van der Waals surface area contributed by atoms with E-state index in [-0.39, 0.29) is 11.8 Å². The molecule has 3 heterocycles. The van der Waals surface area contributed by atoms with Gasteiger partial charge in [-0.1, -0.05) is 6.07 Å². The summed E-state index contributed by atoms with van der Waals surface area (Å²) in [6.07, 6.45) is 4.65. The summed E-state index contributed by atoms with van der Waals surface area (Å²) in [5.74, 6) is -0.252. The van der Waals surface area contributed by atoms with Crippen molar-refractivity contribution in [1.29, 1.82) is 0 Å². The fourth-order valence-corrected chi connectivity index (χ4v) is 2.41. The highest BCUT2D eigenvalue weighted by Crippen LogP contribution is 2.28. The Hall–Kier alpha value is -1.88. The fourth-order valence-electron chi connectivity index (χ4n) is 2.41. The highest BCUT2D eigenvalue weighted by atomic mass is 16.5. The molecule has 0 aromatic carbocycles. The number of ether oxygens (including phenoxy) is 1. The lowest BCUT2D eigenvalue weighted by Crippen LogP contribution is -2.16. The maximum atomic E-state index is 11.3. The molecule has 1 aliphatic rings. The van der Waals surface area contributed by atoms with Gasteiger partial charge < -0.3 is 9.84 Å². The summed E-state index contributed by atoms with van der Waals surface area (Å²) in [7, 11) is 0. The summed E-state index contributed by atoms with van der Waals surface area (Å²) < 4.78 is 7.37. The summed E-state index contributed by atoms with van der Waals surface area (Å²) in [4.78, 5) is 15.6. The second kappa shape index (κ2) is 4.42. The standard InChI is InChI=1S/C13H14N2O3/c16-13(17)10-5-3-4-9-8-14-12(15(9)10)11-6-1-2-7-18-11/h3-5,8,11H,1-2,6-7H2,(H,16,17). The summed E-state index contributed by atoms with van der Waals surface area (Å²) in [6.45, 7) is 0.717. The minimum Gasteiger partial charge on any atom is -0.477 e. The molecule has 5 nitrogen and oxygen atoms in total. The number of carboxylic acid groups (broad SMARTS) is 1. The molecule has 2 aromatic heterocycles. The molecule has 0 saturated carbocycles. The maximum Gasteiger partial charge on any atom is 0.352 e. The van der Waals surface area contributed by atoms with Crippen molar-refractivity contribution in [2.75, 3.05) is 6.61 Å². The highest BCUT2D eigenvalue weighted by molar-refractivity contribution is 5.86. The molecule has 1 unspecified atom stereocenters. The number of carbonyl (C=O) groups is 1. The molecule has 1 N–H and O–H groups in total. The van der Waals surface area contributed by atoms with Gasteiger partial charge in [0.1, 0.15) is 17.6 Å². The molecule has 1 saturated heterocycles. The first-order valence-electron chi connectivity index (χ1n) is 6.08. The van der Waals surface area contributed by atoms with Crippen molar-refractivity contribution >= 4 is 11.5 Å². The Morgan fingerprint density at radius 3 is 3.06 bits per heavy atom. The zero-order valence-corrected chi connectivity index (χ0v) is 9.87. The quantitative estimate of drug-likeness (QED) is 0.882. The van der Waals surface area contributed by atoms with Crippen LogP contribution in [0.25, 0.3) is 5.52 Å². The molecule has 0 amide bonds. The van der Waals surface area contributed by atoms with Crippen LogP contribution < -0.4 is 0 Å². The first kappa shape index (κ1) is 11.2. The van der Waals surface area contributed by atoms with Gasteiger partial charge in [0, 0.05) is 6.61 Å². The van der Waals surface area contributed by atoms with Gasteiger partial charge in [0.25, 0.3) is 0 Å². The van der Waals surface area contributed by atoms with Crippen molar-refractivity contribution in [2.24, 2.45) is 0 Å². The molecule has 1 fully saturated rings. The van der Waals surface area contributed by atoms with Gasteiger partial charge in [0.05, 0.1) is 11.7 Å². The minimum absolute atomic E-state index is 0.0956. The lowest BCUT2D eigenvalue weighted by Gasteiger charge is -2.22. The number of hydrogen-bond donors (Lipinski definition) is 1. The van der Waals surface area contributed by atoms with E-state index in [2.05, 4.69) is 4.98 Å². The van der Waals surface area contributed by atoms with E-state index in [1.165, 1.54) is 0 Å². The number of aromatic carboxylic acids is 1. The molecular formula is C13H14N2O3. The van der Waals surface area contributed by atoms with Crippen LogP contribution >= 0.6 is 0 Å². The number of imidazole rings is 1. The molecule has 5 heteroatoms. The number of nitrogens with zero attached hydrogens (tertiary/aromatic N) is 2. The summed E-state index contributed by atoms with van der Waals surface area (Å²) >= 11 is 0. The van der Waals surface area contributed by atoms with Crippen molar-refractivity contribution in [3.63, 3.8) is 0 Å². The van der Waals surface area contributed by atoms with Crippen LogP contribution in [-0.4, -0.2) is 27.1 Å². The van der Waals surface area contributed by atoms with Crippen molar-refractivity contribution in [3.8, 4) is 0 Å². The maximum absolute atomic E-state index is 11.3. The zero-order valence-electron chi connectivity index (χ0n) is 9.87. The van der Waals surface area contributed by atoms with Gasteiger partial charge in [-0.15, -0.1) is 0 Å². The van der Waals surface area contributed by atoms with Gasteiger partial charge in [-0.3, -0.25) is 4.40 Å². The monoisotopic (exact) mass is 246 g/mol. The van der Waals surface area contributed by atoms with Gasteiger partial charge in [-0.2, -0.15) is 0 Å². The van der Waals surface area contributed by atoms with E-state index in [1.807, 2.05) is 6.07 Å². The molecule has 3 rings (SSSR count). The summed E-state index contributed by atoms with van der Waals surface area (Å²) in [5.41, 5.74) is 1.02. The third-order valence-electron chi connectivity index (χ3n) is 3.27. The largest absolute Gasteiger partial charge is 0.477 e. The molecule has 0 radical (unpaired) electrons. The third-order valence-corrected chi connectivity index (χ3v) is 3.27. The summed E-state index contributed by atoms with van der Waals surface area (Å²) in [5, 5.41) is 9.23. The van der Waals surface area contributed by atoms with Crippen LogP contribution in [0.4, 0.5) is 0 Å². The number of aromatic nitrogens is 2. The molecule has 0 aliphatic carbocycles. The van der Waals surface area contributed by atoms with E-state index in [1.54, 1.807) is 22.7 Å². The third kappa shape index (κ3) is 1.76. The Balaban J connectivity index is 2.14. The second-order valence-electron chi connectivity index (χ2n) is 4.45. The highest BCUT2D eigenvalue weighted by Gasteiger charge is 2.22. The first-order valence-corrected chi connectivity index (χ1v) is 6.08. The number of pyridine rings is 1. The van der Waals surface area contributed by atoms with Crippen molar-refractivity contribution in [3.05, 3.63) is 35.9 Å². The first-order chi connectivity index (χ1) is 8.77. The molecule has 18 heavy (non-hydrogen) atoms. The zero-order chi connectivity index (χ0) is 12.5. The number of hydrogen-bond acceptors (Lipinski definition) is 3. The van der Waals surface area contributed by atoms with Crippen LogP contribution in [-0.2, 0) is 4.74 Å². The predicted octanol–water partition coefficient (Wildman–Crippen LogP) is 2.27. The van der Waals surface area contributed by atoms with Gasteiger partial charge >= 0.3 is 5.97 Å². The molecule has 94 valence electrons. The van der Waals surface area contributed by atoms with Gasteiger partial charge in [0.15, 0.2) is 0 Å². The average molecular weight is 246 g/mol. The van der Waals surface area contributed by atoms with Gasteiger partial charge in [-0.05, 0) is 31.4 Å². The molecule has 0 bridgehead atoms. The normalized spacial score (nSPS) is 20.1. The molecule has 1 aliphatic heterocycles. The molecule has 2 aromatic rings. The van der Waals surface area contributed by atoms with Crippen LogP contribution in [0.15, 0.2) is 24.4 Å². The van der Waals surface area contributed by atoms with E-state index in [9.17, 15) is 9.90 Å². The van der Waals surface area contributed by atoms with E-state index in [4.69, 9.17) is 4.74 Å². The molecule has 1 atom stereocenters. The van der Waals surface area contributed by atoms with E-state index < -0.39 is 5.97 Å². The predicted molar refractivity (Wildman–Crippen MR) is 64.7 cm³/mol. The molecule has 0 spiro atoms. The summed E-state index contributed by atoms with van der Waals surface area (Å²) in [6, 6.07) is 5.17. The number of carboxylic acids is 1. The Labute approximate surface area is 104 Å². The Morgan fingerprint density at radius 2 is 2.33 bits per heavy atom. The van der Waals surface area contributed by atoms with Gasteiger partial charge in [-0.25, -0.2) is 9.78 Å². The Kier molecular flexibility index (Phi) is 2.76. The molecular weight excluding hydrogens is 232 g/mol. The average Bonchev–Trinajstić information content (AvgIpc) is 2.83. The van der Waals surface area contributed by atoms with Gasteiger partial charge in [0.2, 0.25) is 0 Å². The lowest BCUT2D eigenvalue weighted by molar-refractivity contribution is 0.00897. The van der Waals surface area contributed by atoms with Crippen molar-refractivity contribution < 1.29 is 14.6 Å². The van der Waals surface area contributed by atoms with Crippen molar-refractivity contribution in [2.45, 2.75) is 25.4 Å².